The summed E-state index contributed by atoms with van der Waals surface area (Å²) in [5.74, 6) is 7.73. The highest BCUT2D eigenvalue weighted by atomic mass is 16.5. The molecule has 0 saturated heterocycles. The van der Waals surface area contributed by atoms with Crippen LogP contribution in [0.3, 0.4) is 0 Å². The Labute approximate surface area is 130 Å². The summed E-state index contributed by atoms with van der Waals surface area (Å²) < 4.78 is 15.5. The summed E-state index contributed by atoms with van der Waals surface area (Å²) in [4.78, 5) is 0. The minimum atomic E-state index is -0.862. The van der Waals surface area contributed by atoms with E-state index in [1.165, 1.54) is 0 Å². The third-order valence-corrected chi connectivity index (χ3v) is 3.17. The summed E-state index contributed by atoms with van der Waals surface area (Å²) >= 11 is 0. The first kappa shape index (κ1) is 15.7. The van der Waals surface area contributed by atoms with Crippen LogP contribution < -0.4 is 14.2 Å². The van der Waals surface area contributed by atoms with Gasteiger partial charge in [-0.25, -0.2) is 0 Å². The SMILES string of the molecule is COc1ccc(C(O)C#Cc2ccc(OC)c(OC)c2)cc1. The molecule has 4 heteroatoms. The van der Waals surface area contributed by atoms with Crippen LogP contribution in [0.25, 0.3) is 0 Å². The van der Waals surface area contributed by atoms with Crippen molar-refractivity contribution in [2.24, 2.45) is 0 Å². The number of ether oxygens (including phenoxy) is 3. The molecular formula is C18H18O4. The second-order valence-electron chi connectivity index (χ2n) is 4.51. The van der Waals surface area contributed by atoms with E-state index in [-0.39, 0.29) is 0 Å². The molecule has 0 spiro atoms. The third-order valence-electron chi connectivity index (χ3n) is 3.17. The minimum Gasteiger partial charge on any atom is -0.497 e. The number of aliphatic hydroxyl groups is 1. The summed E-state index contributed by atoms with van der Waals surface area (Å²) in [7, 11) is 4.75. The van der Waals surface area contributed by atoms with Crippen LogP contribution in [0.1, 0.15) is 17.2 Å². The number of hydrogen-bond donors (Lipinski definition) is 1. The fraction of sp³-hybridized carbons (Fsp3) is 0.222. The van der Waals surface area contributed by atoms with Crippen LogP contribution in [-0.2, 0) is 0 Å². The largest absolute Gasteiger partial charge is 0.497 e. The Morgan fingerprint density at radius 2 is 1.55 bits per heavy atom. The van der Waals surface area contributed by atoms with E-state index in [0.717, 1.165) is 11.3 Å². The molecule has 114 valence electrons. The Kier molecular flexibility index (Phi) is 5.29. The molecule has 0 aliphatic heterocycles. The number of rotatable bonds is 4. The Morgan fingerprint density at radius 1 is 0.864 bits per heavy atom. The van der Waals surface area contributed by atoms with Crippen molar-refractivity contribution >= 4 is 0 Å². The van der Waals surface area contributed by atoms with Crippen LogP contribution in [0.2, 0.25) is 0 Å². The van der Waals surface area contributed by atoms with Gasteiger partial charge in [0.05, 0.1) is 21.3 Å². The maximum absolute atomic E-state index is 10.1. The average Bonchev–Trinajstić information content (AvgIpc) is 2.59. The standard InChI is InChI=1S/C18H18O4/c1-20-15-8-6-14(7-9-15)16(19)10-4-13-5-11-17(21-2)18(12-13)22-3/h5-9,11-12,16,19H,1-3H3. The number of aliphatic hydroxyl groups excluding tert-OH is 1. The van der Waals surface area contributed by atoms with Gasteiger partial charge in [-0.2, -0.15) is 0 Å². The zero-order valence-corrected chi connectivity index (χ0v) is 12.8. The molecule has 0 bridgehead atoms. The second-order valence-corrected chi connectivity index (χ2v) is 4.51. The van der Waals surface area contributed by atoms with Gasteiger partial charge in [-0.3, -0.25) is 0 Å². The lowest BCUT2D eigenvalue weighted by atomic mass is 10.1. The van der Waals surface area contributed by atoms with Crippen molar-refractivity contribution in [3.8, 4) is 29.1 Å². The fourth-order valence-corrected chi connectivity index (χ4v) is 1.94. The van der Waals surface area contributed by atoms with Crippen molar-refractivity contribution in [1.29, 1.82) is 0 Å². The molecule has 2 rings (SSSR count). The number of methoxy groups -OCH3 is 3. The van der Waals surface area contributed by atoms with Gasteiger partial charge in [0.15, 0.2) is 11.5 Å². The van der Waals surface area contributed by atoms with Crippen LogP contribution in [0, 0.1) is 11.8 Å². The molecule has 1 N–H and O–H groups in total. The Hall–Kier alpha value is -2.64. The van der Waals surface area contributed by atoms with E-state index in [0.29, 0.717) is 17.1 Å². The zero-order valence-electron chi connectivity index (χ0n) is 12.8. The van der Waals surface area contributed by atoms with Crippen LogP contribution >= 0.6 is 0 Å². The van der Waals surface area contributed by atoms with Gasteiger partial charge in [-0.1, -0.05) is 24.0 Å². The molecule has 0 amide bonds. The summed E-state index contributed by atoms with van der Waals surface area (Å²) in [6.45, 7) is 0. The van der Waals surface area contributed by atoms with Crippen LogP contribution in [0.5, 0.6) is 17.2 Å². The summed E-state index contributed by atoms with van der Waals surface area (Å²) in [6, 6.07) is 12.5. The van der Waals surface area contributed by atoms with Crippen molar-refractivity contribution in [3.05, 3.63) is 53.6 Å². The van der Waals surface area contributed by atoms with Crippen molar-refractivity contribution in [2.75, 3.05) is 21.3 Å². The van der Waals surface area contributed by atoms with Crippen molar-refractivity contribution in [2.45, 2.75) is 6.10 Å². The van der Waals surface area contributed by atoms with E-state index in [9.17, 15) is 5.11 Å². The third kappa shape index (κ3) is 3.72. The van der Waals surface area contributed by atoms with Gasteiger partial charge in [-0.15, -0.1) is 0 Å². The Morgan fingerprint density at radius 3 is 2.14 bits per heavy atom. The van der Waals surface area contributed by atoms with E-state index >= 15 is 0 Å². The summed E-state index contributed by atoms with van der Waals surface area (Å²) in [5.41, 5.74) is 1.46. The van der Waals surface area contributed by atoms with Crippen LogP contribution in [-0.4, -0.2) is 26.4 Å². The number of hydrogen-bond acceptors (Lipinski definition) is 4. The molecule has 0 aromatic heterocycles. The lowest BCUT2D eigenvalue weighted by molar-refractivity contribution is 0.238. The predicted octanol–water partition coefficient (Wildman–Crippen LogP) is 2.80. The average molecular weight is 298 g/mol. The van der Waals surface area contributed by atoms with Gasteiger partial charge in [0.2, 0.25) is 0 Å². The predicted molar refractivity (Wildman–Crippen MR) is 84.4 cm³/mol. The highest BCUT2D eigenvalue weighted by Gasteiger charge is 2.05. The molecule has 1 atom stereocenters. The van der Waals surface area contributed by atoms with E-state index in [1.807, 2.05) is 6.07 Å². The van der Waals surface area contributed by atoms with E-state index < -0.39 is 6.10 Å². The van der Waals surface area contributed by atoms with Crippen LogP contribution in [0.15, 0.2) is 42.5 Å². The molecular weight excluding hydrogens is 280 g/mol. The molecule has 1 unspecified atom stereocenters. The molecule has 0 radical (unpaired) electrons. The Balaban J connectivity index is 2.17. The lowest BCUT2D eigenvalue weighted by Gasteiger charge is -2.07. The first-order chi connectivity index (χ1) is 10.7. The molecule has 2 aromatic rings. The van der Waals surface area contributed by atoms with Gasteiger partial charge in [0.1, 0.15) is 11.9 Å². The van der Waals surface area contributed by atoms with Crippen molar-refractivity contribution < 1.29 is 19.3 Å². The van der Waals surface area contributed by atoms with Crippen molar-refractivity contribution in [1.82, 2.24) is 0 Å². The summed E-state index contributed by atoms with van der Waals surface area (Å²) in [5, 5.41) is 10.1. The molecule has 0 saturated carbocycles. The topological polar surface area (TPSA) is 47.9 Å². The highest BCUT2D eigenvalue weighted by Crippen LogP contribution is 2.27. The van der Waals surface area contributed by atoms with Crippen molar-refractivity contribution in [3.63, 3.8) is 0 Å². The first-order valence-electron chi connectivity index (χ1n) is 6.73. The molecule has 2 aromatic carbocycles. The zero-order chi connectivity index (χ0) is 15.9. The maximum Gasteiger partial charge on any atom is 0.161 e. The van der Waals surface area contributed by atoms with Gasteiger partial charge in [0, 0.05) is 5.56 Å². The maximum atomic E-state index is 10.1. The fourth-order valence-electron chi connectivity index (χ4n) is 1.94. The van der Waals surface area contributed by atoms with Gasteiger partial charge in [-0.05, 0) is 35.9 Å². The minimum absolute atomic E-state index is 0.605. The molecule has 22 heavy (non-hydrogen) atoms. The van der Waals surface area contributed by atoms with Gasteiger partial charge >= 0.3 is 0 Å². The Bertz CT molecular complexity index is 680. The van der Waals surface area contributed by atoms with E-state index in [1.54, 1.807) is 57.7 Å². The molecule has 0 aliphatic rings. The monoisotopic (exact) mass is 298 g/mol. The van der Waals surface area contributed by atoms with Crippen LogP contribution in [0.4, 0.5) is 0 Å². The van der Waals surface area contributed by atoms with Gasteiger partial charge < -0.3 is 19.3 Å². The summed E-state index contributed by atoms with van der Waals surface area (Å²) in [6.07, 6.45) is -0.862. The quantitative estimate of drug-likeness (QED) is 0.882. The van der Waals surface area contributed by atoms with E-state index in [4.69, 9.17) is 14.2 Å². The molecule has 4 nitrogen and oxygen atoms in total. The smallest absolute Gasteiger partial charge is 0.161 e. The first-order valence-corrected chi connectivity index (χ1v) is 6.73. The normalized spacial score (nSPS) is 11.1. The van der Waals surface area contributed by atoms with Gasteiger partial charge in [0.25, 0.3) is 0 Å². The molecule has 0 aliphatic carbocycles. The molecule has 0 fully saturated rings. The molecule has 0 heterocycles. The number of benzene rings is 2. The van der Waals surface area contributed by atoms with E-state index in [2.05, 4.69) is 11.8 Å². The lowest BCUT2D eigenvalue weighted by Crippen LogP contribution is -1.94. The second kappa shape index (κ2) is 7.39. The highest BCUT2D eigenvalue weighted by molar-refractivity contribution is 5.48.